The monoisotopic (exact) mass is 410 g/mol. The number of halogens is 2. The number of ether oxygens (including phenoxy) is 2. The molecule has 0 radical (unpaired) electrons. The second-order valence-corrected chi connectivity index (χ2v) is 6.81. The van der Waals surface area contributed by atoms with Crippen molar-refractivity contribution in [3.05, 3.63) is 45.0 Å². The summed E-state index contributed by atoms with van der Waals surface area (Å²) in [6.07, 6.45) is -1.12. The molecule has 6 nitrogen and oxygen atoms in total. The number of hydrogen-bond acceptors (Lipinski definition) is 4. The Morgan fingerprint density at radius 2 is 2.08 bits per heavy atom. The lowest BCUT2D eigenvalue weighted by Gasteiger charge is -2.21. The molecule has 24 heavy (non-hydrogen) atoms. The lowest BCUT2D eigenvalue weighted by atomic mass is 9.96. The summed E-state index contributed by atoms with van der Waals surface area (Å²) in [7, 11) is 0. The molecule has 1 aromatic heterocycles. The number of fused-ring (bicyclic) bond motifs is 1. The van der Waals surface area contributed by atoms with Crippen LogP contribution in [0.3, 0.4) is 0 Å². The number of hydrogen-bond donors (Lipinski definition) is 1. The van der Waals surface area contributed by atoms with Crippen LogP contribution in [0.25, 0.3) is 0 Å². The van der Waals surface area contributed by atoms with Gasteiger partial charge in [0.05, 0.1) is 30.1 Å². The fourth-order valence-electron chi connectivity index (χ4n) is 3.06. The van der Waals surface area contributed by atoms with Crippen molar-refractivity contribution in [1.82, 2.24) is 4.98 Å². The third-order valence-corrected chi connectivity index (χ3v) is 5.26. The van der Waals surface area contributed by atoms with Gasteiger partial charge in [-0.2, -0.15) is 0 Å². The van der Waals surface area contributed by atoms with Crippen LogP contribution in [-0.2, 0) is 6.54 Å². The molecule has 0 saturated heterocycles. The number of anilines is 1. The number of nitrogens with zero attached hydrogens (tertiary/aromatic N) is 2. The van der Waals surface area contributed by atoms with E-state index in [-0.39, 0.29) is 23.4 Å². The molecule has 0 bridgehead atoms. The molecule has 2 aliphatic heterocycles. The van der Waals surface area contributed by atoms with E-state index in [2.05, 4.69) is 20.9 Å². The Balaban J connectivity index is 1.89. The second kappa shape index (κ2) is 5.82. The zero-order valence-electron chi connectivity index (χ0n) is 12.3. The Bertz CT molecular complexity index is 845. The van der Waals surface area contributed by atoms with Crippen molar-refractivity contribution in [3.8, 4) is 11.5 Å². The van der Waals surface area contributed by atoms with Crippen molar-refractivity contribution in [3.63, 3.8) is 0 Å². The number of benzene rings is 1. The average Bonchev–Trinajstić information content (AvgIpc) is 2.98. The van der Waals surface area contributed by atoms with Gasteiger partial charge in [-0.3, -0.25) is 4.90 Å². The number of aromatic nitrogens is 1. The zero-order valence-corrected chi connectivity index (χ0v) is 14.7. The van der Waals surface area contributed by atoms with Crippen LogP contribution in [0.15, 0.2) is 28.7 Å². The minimum atomic E-state index is -1.12. The number of pyridine rings is 1. The Hall–Kier alpha value is -1.99. The molecular weight excluding hydrogens is 400 g/mol. The van der Waals surface area contributed by atoms with Crippen LogP contribution in [0.4, 0.5) is 10.6 Å². The first-order valence-corrected chi connectivity index (χ1v) is 8.45. The van der Waals surface area contributed by atoms with E-state index in [0.717, 1.165) is 21.8 Å². The molecule has 3 heterocycles. The Morgan fingerprint density at radius 3 is 2.83 bits per heavy atom. The van der Waals surface area contributed by atoms with Crippen LogP contribution in [-0.4, -0.2) is 29.4 Å². The molecule has 4 rings (SSSR count). The van der Waals surface area contributed by atoms with Gasteiger partial charge in [0, 0.05) is 11.6 Å². The van der Waals surface area contributed by atoms with E-state index in [1.54, 1.807) is 6.07 Å². The second-order valence-electron chi connectivity index (χ2n) is 5.60. The first-order chi connectivity index (χ1) is 11.5. The minimum absolute atomic E-state index is 0.0484. The largest absolute Gasteiger partial charge is 0.493 e. The van der Waals surface area contributed by atoms with Crippen molar-refractivity contribution in [2.75, 3.05) is 18.1 Å². The molecule has 0 fully saturated rings. The third kappa shape index (κ3) is 2.48. The number of carboxylic acid groups (broad SMARTS) is 1. The Labute approximate surface area is 151 Å². The lowest BCUT2D eigenvalue weighted by Crippen LogP contribution is -2.30. The van der Waals surface area contributed by atoms with Crippen molar-refractivity contribution in [2.45, 2.75) is 12.5 Å². The maximum atomic E-state index is 11.8. The Morgan fingerprint density at radius 1 is 1.33 bits per heavy atom. The van der Waals surface area contributed by atoms with Crippen LogP contribution in [0.5, 0.6) is 11.5 Å². The molecule has 1 aromatic carbocycles. The van der Waals surface area contributed by atoms with Gasteiger partial charge in [-0.05, 0) is 27.6 Å². The summed E-state index contributed by atoms with van der Waals surface area (Å²) in [6.45, 7) is 1.04. The number of carbonyl (C=O) groups is 1. The van der Waals surface area contributed by atoms with Crippen LogP contribution in [0, 0.1) is 0 Å². The van der Waals surface area contributed by atoms with Crippen molar-refractivity contribution >= 4 is 39.4 Å². The predicted molar refractivity (Wildman–Crippen MR) is 91.3 cm³/mol. The predicted octanol–water partition coefficient (Wildman–Crippen LogP) is 4.05. The van der Waals surface area contributed by atoms with E-state index in [0.29, 0.717) is 23.4 Å². The fraction of sp³-hybridized carbons (Fsp3) is 0.250. The molecule has 1 atom stereocenters. The average molecular weight is 412 g/mol. The van der Waals surface area contributed by atoms with Gasteiger partial charge in [0.25, 0.3) is 0 Å². The van der Waals surface area contributed by atoms with Gasteiger partial charge in [-0.25, -0.2) is 9.78 Å². The summed E-state index contributed by atoms with van der Waals surface area (Å²) in [5.74, 6) is 1.39. The van der Waals surface area contributed by atoms with Gasteiger partial charge in [0.15, 0.2) is 11.6 Å². The van der Waals surface area contributed by atoms with E-state index < -0.39 is 6.09 Å². The molecule has 1 N–H and O–H groups in total. The highest BCUT2D eigenvalue weighted by Crippen LogP contribution is 2.41. The van der Waals surface area contributed by atoms with Gasteiger partial charge in [0.2, 0.25) is 0 Å². The smallest absolute Gasteiger partial charge is 0.413 e. The summed E-state index contributed by atoms with van der Waals surface area (Å²) in [6, 6.07) is 7.30. The molecule has 0 saturated carbocycles. The maximum Gasteiger partial charge on any atom is 0.413 e. The van der Waals surface area contributed by atoms with Gasteiger partial charge < -0.3 is 14.6 Å². The summed E-state index contributed by atoms with van der Waals surface area (Å²) in [5, 5.41) is 9.86. The zero-order chi connectivity index (χ0) is 16.8. The number of amides is 1. The topological polar surface area (TPSA) is 71.9 Å². The van der Waals surface area contributed by atoms with E-state index >= 15 is 0 Å². The molecule has 8 heteroatoms. The minimum Gasteiger partial charge on any atom is -0.493 e. The fourth-order valence-corrected chi connectivity index (χ4v) is 3.49. The quantitative estimate of drug-likeness (QED) is 0.662. The van der Waals surface area contributed by atoms with Crippen molar-refractivity contribution in [2.24, 2.45) is 0 Å². The molecule has 1 amide bonds. The molecule has 0 aliphatic carbocycles. The van der Waals surface area contributed by atoms with E-state index in [9.17, 15) is 9.90 Å². The van der Waals surface area contributed by atoms with Gasteiger partial charge in [-0.1, -0.05) is 23.7 Å². The van der Waals surface area contributed by atoms with Crippen LogP contribution in [0.2, 0.25) is 5.15 Å². The number of rotatable bonds is 0. The first-order valence-electron chi connectivity index (χ1n) is 7.28. The van der Waals surface area contributed by atoms with Crippen LogP contribution < -0.4 is 14.4 Å². The maximum absolute atomic E-state index is 11.8. The molecule has 1 unspecified atom stereocenters. The lowest BCUT2D eigenvalue weighted by molar-refractivity contribution is 0.200. The van der Waals surface area contributed by atoms with E-state index in [4.69, 9.17) is 21.1 Å². The molecule has 2 aromatic rings. The summed E-state index contributed by atoms with van der Waals surface area (Å²) in [5.41, 5.74) is 1.89. The van der Waals surface area contributed by atoms with Gasteiger partial charge in [0.1, 0.15) is 10.9 Å². The highest BCUT2D eigenvalue weighted by molar-refractivity contribution is 9.10. The SMILES string of the molecule is O=C(O)N1Cc2cccc3c2C(COc2cc(Br)c(Cl)nc21)CO3. The Kier molecular flexibility index (Phi) is 3.77. The molecule has 0 spiro atoms. The normalized spacial score (nSPS) is 18.4. The van der Waals surface area contributed by atoms with Crippen molar-refractivity contribution < 1.29 is 19.4 Å². The molecule has 2 aliphatic rings. The standard InChI is InChI=1S/C16H12BrClN2O4/c17-10-4-12-15(19-14(10)18)20(16(21)22)5-8-2-1-3-11-13(8)9(6-23-11)7-24-12/h1-4,9H,5-7H2,(H,21,22). The van der Waals surface area contributed by atoms with E-state index in [1.807, 2.05) is 18.2 Å². The molecular formula is C16H12BrClN2O4. The van der Waals surface area contributed by atoms with Gasteiger partial charge in [-0.15, -0.1) is 0 Å². The molecule has 124 valence electrons. The summed E-state index contributed by atoms with van der Waals surface area (Å²) >= 11 is 9.36. The van der Waals surface area contributed by atoms with Crippen molar-refractivity contribution in [1.29, 1.82) is 0 Å². The third-order valence-electron chi connectivity index (χ3n) is 4.14. The highest BCUT2D eigenvalue weighted by atomic mass is 79.9. The van der Waals surface area contributed by atoms with Gasteiger partial charge >= 0.3 is 6.09 Å². The van der Waals surface area contributed by atoms with E-state index in [1.165, 1.54) is 0 Å². The highest BCUT2D eigenvalue weighted by Gasteiger charge is 2.32. The van der Waals surface area contributed by atoms with Crippen LogP contribution >= 0.6 is 27.5 Å². The van der Waals surface area contributed by atoms with Crippen LogP contribution in [0.1, 0.15) is 17.0 Å². The summed E-state index contributed by atoms with van der Waals surface area (Å²) < 4.78 is 12.1. The summed E-state index contributed by atoms with van der Waals surface area (Å²) in [4.78, 5) is 17.2. The first kappa shape index (κ1) is 15.5.